The Hall–Kier alpha value is -2.11. The number of carbonyl (C=O) groups is 1. The van der Waals surface area contributed by atoms with E-state index in [-0.39, 0.29) is 22.8 Å². The number of nitrogens with two attached hydrogens (primary N) is 1. The molecule has 6 heteroatoms. The summed E-state index contributed by atoms with van der Waals surface area (Å²) in [5, 5.41) is 13.4. The monoisotopic (exact) mass is 251 g/mol. The first kappa shape index (κ1) is 14.0. The molecule has 0 heterocycles. The van der Waals surface area contributed by atoms with Gasteiger partial charge < -0.3 is 11.1 Å². The average molecular weight is 251 g/mol. The van der Waals surface area contributed by atoms with Crippen molar-refractivity contribution < 1.29 is 9.72 Å². The van der Waals surface area contributed by atoms with Crippen molar-refractivity contribution >= 4 is 17.3 Å². The summed E-state index contributed by atoms with van der Waals surface area (Å²) in [6, 6.07) is 4.05. The van der Waals surface area contributed by atoms with Gasteiger partial charge in [-0.1, -0.05) is 20.3 Å². The van der Waals surface area contributed by atoms with Crippen LogP contribution < -0.4 is 11.1 Å². The summed E-state index contributed by atoms with van der Waals surface area (Å²) in [7, 11) is 0. The maximum absolute atomic E-state index is 11.8. The number of hydrogen-bond acceptors (Lipinski definition) is 4. The molecule has 0 radical (unpaired) electrons. The molecule has 0 saturated heterocycles. The molecule has 0 aliphatic heterocycles. The lowest BCUT2D eigenvalue weighted by Crippen LogP contribution is -2.28. The van der Waals surface area contributed by atoms with Crippen LogP contribution >= 0.6 is 0 Å². The van der Waals surface area contributed by atoms with Crippen LogP contribution in [0.5, 0.6) is 0 Å². The fraction of sp³-hybridized carbons (Fsp3) is 0.417. The highest BCUT2D eigenvalue weighted by molar-refractivity contribution is 5.95. The summed E-state index contributed by atoms with van der Waals surface area (Å²) in [5.74, 6) is 0.0520. The Morgan fingerprint density at radius 3 is 2.78 bits per heavy atom. The lowest BCUT2D eigenvalue weighted by atomic mass is 10.1. The molecule has 1 aromatic carbocycles. The van der Waals surface area contributed by atoms with E-state index >= 15 is 0 Å². The number of benzene rings is 1. The molecule has 0 aliphatic carbocycles. The van der Waals surface area contributed by atoms with E-state index in [9.17, 15) is 14.9 Å². The van der Waals surface area contributed by atoms with Crippen molar-refractivity contribution in [2.45, 2.75) is 20.3 Å². The molecule has 1 rings (SSSR count). The SMILES string of the molecule is CCC(C)CNC(=O)c1ccc(N)c([N+](=O)[O-])c1. The Labute approximate surface area is 105 Å². The van der Waals surface area contributed by atoms with Crippen molar-refractivity contribution in [1.82, 2.24) is 5.32 Å². The predicted octanol–water partition coefficient (Wildman–Crippen LogP) is 1.95. The molecule has 0 saturated carbocycles. The first-order valence-corrected chi connectivity index (χ1v) is 5.77. The van der Waals surface area contributed by atoms with Crippen LogP contribution in [0.1, 0.15) is 30.6 Å². The van der Waals surface area contributed by atoms with Gasteiger partial charge >= 0.3 is 0 Å². The van der Waals surface area contributed by atoms with E-state index in [4.69, 9.17) is 5.73 Å². The van der Waals surface area contributed by atoms with Gasteiger partial charge in [-0.25, -0.2) is 0 Å². The molecular weight excluding hydrogens is 234 g/mol. The number of nitrogens with one attached hydrogen (secondary N) is 1. The van der Waals surface area contributed by atoms with Crippen LogP contribution in [0.15, 0.2) is 18.2 Å². The first-order chi connectivity index (χ1) is 8.45. The Bertz CT molecular complexity index is 460. The van der Waals surface area contributed by atoms with Crippen molar-refractivity contribution in [3.8, 4) is 0 Å². The maximum Gasteiger partial charge on any atom is 0.292 e. The van der Waals surface area contributed by atoms with Crippen LogP contribution in [0, 0.1) is 16.0 Å². The number of nitrogens with zero attached hydrogens (tertiary/aromatic N) is 1. The number of rotatable bonds is 5. The molecule has 6 nitrogen and oxygen atoms in total. The van der Waals surface area contributed by atoms with Crippen LogP contribution in [-0.2, 0) is 0 Å². The van der Waals surface area contributed by atoms with Crippen molar-refractivity contribution in [3.63, 3.8) is 0 Å². The zero-order chi connectivity index (χ0) is 13.7. The molecule has 1 amide bonds. The number of nitro groups is 1. The Kier molecular flexibility index (Phi) is 4.65. The molecule has 0 fully saturated rings. The van der Waals surface area contributed by atoms with Crippen molar-refractivity contribution in [2.75, 3.05) is 12.3 Å². The van der Waals surface area contributed by atoms with Crippen molar-refractivity contribution in [2.24, 2.45) is 5.92 Å². The number of anilines is 1. The molecule has 1 unspecified atom stereocenters. The predicted molar refractivity (Wildman–Crippen MR) is 69.3 cm³/mol. The topological polar surface area (TPSA) is 98.3 Å². The van der Waals surface area contributed by atoms with Crippen LogP contribution in [0.25, 0.3) is 0 Å². The van der Waals surface area contributed by atoms with Gasteiger partial charge in [-0.3, -0.25) is 14.9 Å². The van der Waals surface area contributed by atoms with Gasteiger partial charge in [0.1, 0.15) is 5.69 Å². The molecule has 0 bridgehead atoms. The van der Waals surface area contributed by atoms with E-state index in [2.05, 4.69) is 5.32 Å². The van der Waals surface area contributed by atoms with E-state index in [1.807, 2.05) is 13.8 Å². The molecule has 18 heavy (non-hydrogen) atoms. The minimum atomic E-state index is -0.596. The van der Waals surface area contributed by atoms with Crippen LogP contribution in [0.3, 0.4) is 0 Å². The van der Waals surface area contributed by atoms with Gasteiger partial charge in [-0.2, -0.15) is 0 Å². The van der Waals surface area contributed by atoms with Crippen LogP contribution in [0.4, 0.5) is 11.4 Å². The second-order valence-electron chi connectivity index (χ2n) is 4.25. The molecule has 0 spiro atoms. The second kappa shape index (κ2) is 6.00. The number of amides is 1. The largest absolute Gasteiger partial charge is 0.393 e. The summed E-state index contributed by atoms with van der Waals surface area (Å²) < 4.78 is 0. The van der Waals surface area contributed by atoms with E-state index < -0.39 is 4.92 Å². The number of carbonyl (C=O) groups excluding carboxylic acids is 1. The average Bonchev–Trinajstić information content (AvgIpc) is 2.35. The highest BCUT2D eigenvalue weighted by atomic mass is 16.6. The zero-order valence-electron chi connectivity index (χ0n) is 10.5. The molecule has 0 aliphatic rings. The van der Waals surface area contributed by atoms with Crippen molar-refractivity contribution in [1.29, 1.82) is 0 Å². The van der Waals surface area contributed by atoms with E-state index in [0.29, 0.717) is 12.5 Å². The maximum atomic E-state index is 11.8. The summed E-state index contributed by atoms with van der Waals surface area (Å²) in [6.07, 6.45) is 0.960. The van der Waals surface area contributed by atoms with Gasteiger partial charge in [0, 0.05) is 18.2 Å². The summed E-state index contributed by atoms with van der Waals surface area (Å²) >= 11 is 0. The van der Waals surface area contributed by atoms with Gasteiger partial charge in [0.2, 0.25) is 0 Å². The van der Waals surface area contributed by atoms with Crippen LogP contribution in [0.2, 0.25) is 0 Å². The van der Waals surface area contributed by atoms with E-state index in [1.165, 1.54) is 18.2 Å². The molecule has 3 N–H and O–H groups in total. The van der Waals surface area contributed by atoms with Gasteiger partial charge in [-0.15, -0.1) is 0 Å². The molecule has 98 valence electrons. The van der Waals surface area contributed by atoms with Crippen LogP contribution in [-0.4, -0.2) is 17.4 Å². The lowest BCUT2D eigenvalue weighted by Gasteiger charge is -2.10. The summed E-state index contributed by atoms with van der Waals surface area (Å²) in [6.45, 7) is 4.60. The first-order valence-electron chi connectivity index (χ1n) is 5.77. The highest BCUT2D eigenvalue weighted by Crippen LogP contribution is 2.22. The summed E-state index contributed by atoms with van der Waals surface area (Å²) in [5.41, 5.74) is 5.52. The number of nitrogen functional groups attached to an aromatic ring is 1. The Balaban J connectivity index is 2.80. The minimum Gasteiger partial charge on any atom is -0.393 e. The second-order valence-corrected chi connectivity index (χ2v) is 4.25. The molecule has 1 atom stereocenters. The normalized spacial score (nSPS) is 11.9. The van der Waals surface area contributed by atoms with Crippen molar-refractivity contribution in [3.05, 3.63) is 33.9 Å². The number of nitro benzene ring substituents is 1. The lowest BCUT2D eigenvalue weighted by molar-refractivity contribution is -0.383. The third kappa shape index (κ3) is 3.44. The fourth-order valence-corrected chi connectivity index (χ4v) is 1.36. The van der Waals surface area contributed by atoms with Gasteiger partial charge in [0.05, 0.1) is 4.92 Å². The van der Waals surface area contributed by atoms with Gasteiger partial charge in [0.25, 0.3) is 11.6 Å². The third-order valence-electron chi connectivity index (χ3n) is 2.80. The highest BCUT2D eigenvalue weighted by Gasteiger charge is 2.15. The van der Waals surface area contributed by atoms with Gasteiger partial charge in [0.15, 0.2) is 0 Å². The number of hydrogen-bond donors (Lipinski definition) is 2. The Morgan fingerprint density at radius 2 is 2.22 bits per heavy atom. The zero-order valence-corrected chi connectivity index (χ0v) is 10.5. The fourth-order valence-electron chi connectivity index (χ4n) is 1.36. The summed E-state index contributed by atoms with van der Waals surface area (Å²) in [4.78, 5) is 21.9. The standard InChI is InChI=1S/C12H17N3O3/c1-3-8(2)7-14-12(16)9-4-5-10(13)11(6-9)15(17)18/h4-6,8H,3,7,13H2,1-2H3,(H,14,16). The molecular formula is C12H17N3O3. The molecule has 0 aromatic heterocycles. The quantitative estimate of drug-likeness (QED) is 0.474. The van der Waals surface area contributed by atoms with E-state index in [0.717, 1.165) is 6.42 Å². The minimum absolute atomic E-state index is 0.0541. The smallest absolute Gasteiger partial charge is 0.292 e. The van der Waals surface area contributed by atoms with Gasteiger partial charge in [-0.05, 0) is 18.1 Å². The molecule has 1 aromatic rings. The van der Waals surface area contributed by atoms with E-state index in [1.54, 1.807) is 0 Å². The Morgan fingerprint density at radius 1 is 1.56 bits per heavy atom. The third-order valence-corrected chi connectivity index (χ3v) is 2.80.